The van der Waals surface area contributed by atoms with E-state index < -0.39 is 27.4 Å². The average Bonchev–Trinajstić information content (AvgIpc) is 2.73. The third-order valence-corrected chi connectivity index (χ3v) is 7.34. The zero-order valence-electron chi connectivity index (χ0n) is 18.9. The van der Waals surface area contributed by atoms with Crippen LogP contribution in [0.4, 0.5) is 10.1 Å². The monoisotopic (exact) mass is 476 g/mol. The number of esters is 1. The fourth-order valence-corrected chi connectivity index (χ4v) is 5.26. The highest BCUT2D eigenvalue weighted by Gasteiger charge is 2.41. The molecule has 0 aliphatic carbocycles. The molecule has 174 valence electrons. The average molecular weight is 477 g/mol. The number of likely N-dealkylation sites (N-methyl/N-ethyl adjacent to an activating group) is 1. The van der Waals surface area contributed by atoms with Crippen LogP contribution in [0.3, 0.4) is 0 Å². The van der Waals surface area contributed by atoms with Gasteiger partial charge in [0.1, 0.15) is 16.9 Å². The number of carbonyl (C=O) groups excluding carboxylic acids is 1. The first-order valence-corrected chi connectivity index (χ1v) is 11.8. The van der Waals surface area contributed by atoms with E-state index in [2.05, 4.69) is 4.74 Å². The summed E-state index contributed by atoms with van der Waals surface area (Å²) in [6.07, 6.45) is 0.553. The van der Waals surface area contributed by atoms with Gasteiger partial charge in [0.05, 0.1) is 17.3 Å². The van der Waals surface area contributed by atoms with Gasteiger partial charge in [-0.1, -0.05) is 25.4 Å². The predicted molar refractivity (Wildman–Crippen MR) is 119 cm³/mol. The van der Waals surface area contributed by atoms with Gasteiger partial charge in [0.15, 0.2) is 0 Å². The molecule has 0 aromatic heterocycles. The summed E-state index contributed by atoms with van der Waals surface area (Å²) in [5, 5.41) is 0.0850. The number of hydrogen-bond acceptors (Lipinski definition) is 6. The van der Waals surface area contributed by atoms with Gasteiger partial charge in [-0.25, -0.2) is 13.2 Å². The molecule has 2 rings (SSSR count). The lowest BCUT2D eigenvalue weighted by molar-refractivity contribution is -0.140. The molecule has 0 fully saturated rings. The molecule has 7 nitrogen and oxygen atoms in total. The molecule has 1 aliphatic rings. The van der Waals surface area contributed by atoms with E-state index in [1.54, 1.807) is 14.0 Å². The summed E-state index contributed by atoms with van der Waals surface area (Å²) < 4.78 is 51.9. The summed E-state index contributed by atoms with van der Waals surface area (Å²) in [4.78, 5) is 13.4. The standard InChI is InChI=1S/C21H30ClFN2O5S/c1-8-29-20(26)15(23)12-30-18-10-19-16(9-14(18)22)25(21(4,5)6)11-17(13(2)3)24(7)31(19,27)28/h9-10,12-13,17H,8,11H2,1-7H3/b15-12-/t17-/m0/s1. The smallest absolute Gasteiger partial charge is 0.370 e. The van der Waals surface area contributed by atoms with Gasteiger partial charge in [-0.2, -0.15) is 8.70 Å². The number of benzene rings is 1. The zero-order chi connectivity index (χ0) is 23.7. The summed E-state index contributed by atoms with van der Waals surface area (Å²) in [7, 11) is -2.35. The molecule has 0 spiro atoms. The second-order valence-electron chi connectivity index (χ2n) is 8.67. The van der Waals surface area contributed by atoms with Crippen LogP contribution >= 0.6 is 11.6 Å². The Morgan fingerprint density at radius 3 is 2.48 bits per heavy atom. The van der Waals surface area contributed by atoms with Crippen molar-refractivity contribution in [3.05, 3.63) is 29.2 Å². The quantitative estimate of drug-likeness (QED) is 0.357. The first-order valence-electron chi connectivity index (χ1n) is 10.0. The number of halogens is 2. The second kappa shape index (κ2) is 9.34. The van der Waals surface area contributed by atoms with Crippen LogP contribution in [-0.2, 0) is 19.6 Å². The molecule has 1 atom stereocenters. The second-order valence-corrected chi connectivity index (χ2v) is 11.0. The molecule has 0 amide bonds. The van der Waals surface area contributed by atoms with Crippen LogP contribution in [0.1, 0.15) is 41.5 Å². The first kappa shape index (κ1) is 25.4. The third-order valence-electron chi connectivity index (χ3n) is 5.14. The Morgan fingerprint density at radius 2 is 1.97 bits per heavy atom. The van der Waals surface area contributed by atoms with E-state index >= 15 is 0 Å². The van der Waals surface area contributed by atoms with Gasteiger partial charge in [-0.05, 0) is 39.7 Å². The SMILES string of the molecule is CCOC(=O)/C(F)=C/Oc1cc2c(cc1Cl)N(C(C)(C)C)C[C@@H](C(C)C)N(C)S2(=O)=O. The Labute approximate surface area is 188 Å². The molecule has 10 heteroatoms. The number of carbonyl (C=O) groups is 1. The number of hydrogen-bond donors (Lipinski definition) is 0. The molecule has 1 aromatic rings. The van der Waals surface area contributed by atoms with Gasteiger partial charge in [0.25, 0.3) is 0 Å². The maximum absolute atomic E-state index is 13.9. The molecule has 0 bridgehead atoms. The van der Waals surface area contributed by atoms with Gasteiger partial charge in [0.2, 0.25) is 15.9 Å². The topological polar surface area (TPSA) is 76.2 Å². The summed E-state index contributed by atoms with van der Waals surface area (Å²) in [6.45, 7) is 11.9. The van der Waals surface area contributed by atoms with Crippen molar-refractivity contribution in [3.8, 4) is 5.75 Å². The largest absolute Gasteiger partial charge is 0.461 e. The van der Waals surface area contributed by atoms with E-state index in [0.29, 0.717) is 18.5 Å². The van der Waals surface area contributed by atoms with Gasteiger partial charge in [0, 0.05) is 31.2 Å². The highest BCUT2D eigenvalue weighted by atomic mass is 35.5. The van der Waals surface area contributed by atoms with E-state index in [1.165, 1.54) is 16.4 Å². The molecule has 0 saturated carbocycles. The van der Waals surface area contributed by atoms with Crippen LogP contribution in [-0.4, -0.2) is 50.5 Å². The number of fused-ring (bicyclic) bond motifs is 1. The molecule has 1 aliphatic heterocycles. The fourth-order valence-electron chi connectivity index (χ4n) is 3.40. The highest BCUT2D eigenvalue weighted by molar-refractivity contribution is 7.89. The Balaban J connectivity index is 2.63. The van der Waals surface area contributed by atoms with E-state index in [0.717, 1.165) is 0 Å². The fraction of sp³-hybridized carbons (Fsp3) is 0.571. The summed E-state index contributed by atoms with van der Waals surface area (Å²) in [6, 6.07) is 2.49. The van der Waals surface area contributed by atoms with Crippen molar-refractivity contribution in [1.29, 1.82) is 0 Å². The van der Waals surface area contributed by atoms with Crippen LogP contribution in [0, 0.1) is 5.92 Å². The van der Waals surface area contributed by atoms with Crippen molar-refractivity contribution < 1.29 is 27.1 Å². The Bertz CT molecular complexity index is 973. The third kappa shape index (κ3) is 5.32. The molecule has 0 radical (unpaired) electrons. The molecule has 0 N–H and O–H groups in total. The summed E-state index contributed by atoms with van der Waals surface area (Å²) >= 11 is 6.35. The molecular formula is C21H30ClFN2O5S. The minimum absolute atomic E-state index is 0.00239. The summed E-state index contributed by atoms with van der Waals surface area (Å²) in [5.41, 5.74) is 0.0409. The van der Waals surface area contributed by atoms with Crippen molar-refractivity contribution in [2.24, 2.45) is 5.92 Å². The first-order chi connectivity index (χ1) is 14.2. The van der Waals surface area contributed by atoms with Gasteiger partial charge in [-0.15, -0.1) is 0 Å². The predicted octanol–water partition coefficient (Wildman–Crippen LogP) is 4.36. The Kier molecular flexibility index (Phi) is 7.66. The summed E-state index contributed by atoms with van der Waals surface area (Å²) in [5.74, 6) is -2.47. The van der Waals surface area contributed by atoms with E-state index in [9.17, 15) is 17.6 Å². The van der Waals surface area contributed by atoms with Crippen LogP contribution in [0.15, 0.2) is 29.1 Å². The van der Waals surface area contributed by atoms with Crippen LogP contribution in [0.25, 0.3) is 0 Å². The van der Waals surface area contributed by atoms with Crippen molar-refractivity contribution in [2.75, 3.05) is 25.1 Å². The molecular weight excluding hydrogens is 447 g/mol. The van der Waals surface area contributed by atoms with Crippen molar-refractivity contribution in [3.63, 3.8) is 0 Å². The zero-order valence-corrected chi connectivity index (χ0v) is 20.5. The number of anilines is 1. The minimum Gasteiger partial charge on any atom is -0.461 e. The lowest BCUT2D eigenvalue weighted by Crippen LogP contribution is -2.50. The van der Waals surface area contributed by atoms with Crippen molar-refractivity contribution in [2.45, 2.75) is 58.0 Å². The molecule has 1 aromatic carbocycles. The Hall–Kier alpha value is -1.84. The highest BCUT2D eigenvalue weighted by Crippen LogP contribution is 2.42. The lowest BCUT2D eigenvalue weighted by atomic mass is 9.98. The van der Waals surface area contributed by atoms with Crippen molar-refractivity contribution >= 4 is 33.3 Å². The normalized spacial score (nSPS) is 19.7. The maximum Gasteiger partial charge on any atom is 0.370 e. The lowest BCUT2D eigenvalue weighted by Gasteiger charge is -2.40. The number of nitrogens with zero attached hydrogens (tertiary/aromatic N) is 2. The molecule has 1 heterocycles. The molecule has 0 saturated heterocycles. The molecule has 31 heavy (non-hydrogen) atoms. The van der Waals surface area contributed by atoms with Crippen LogP contribution in [0.5, 0.6) is 5.75 Å². The van der Waals surface area contributed by atoms with E-state index in [1.807, 2.05) is 39.5 Å². The Morgan fingerprint density at radius 1 is 1.35 bits per heavy atom. The van der Waals surface area contributed by atoms with E-state index in [4.69, 9.17) is 16.3 Å². The van der Waals surface area contributed by atoms with Gasteiger partial charge < -0.3 is 14.4 Å². The minimum atomic E-state index is -3.90. The number of sulfonamides is 1. The van der Waals surface area contributed by atoms with E-state index in [-0.39, 0.29) is 34.2 Å². The van der Waals surface area contributed by atoms with Crippen LogP contribution < -0.4 is 9.64 Å². The number of ether oxygens (including phenoxy) is 2. The van der Waals surface area contributed by atoms with Gasteiger partial charge >= 0.3 is 5.97 Å². The van der Waals surface area contributed by atoms with Crippen LogP contribution in [0.2, 0.25) is 5.02 Å². The maximum atomic E-state index is 13.9. The molecule has 0 unspecified atom stereocenters. The number of rotatable bonds is 5. The van der Waals surface area contributed by atoms with Crippen molar-refractivity contribution in [1.82, 2.24) is 4.31 Å². The van der Waals surface area contributed by atoms with Gasteiger partial charge in [-0.3, -0.25) is 0 Å².